The Balaban J connectivity index is 2.09. The number of unbranched alkanes of at least 4 members (excludes halogenated alkanes) is 2. The third kappa shape index (κ3) is 4.33. The first-order chi connectivity index (χ1) is 10.2. The normalized spacial score (nSPS) is 13.9. The van der Waals surface area contributed by atoms with E-state index in [0.717, 1.165) is 37.1 Å². The predicted octanol–water partition coefficient (Wildman–Crippen LogP) is 3.31. The number of aromatic nitrogens is 2. The van der Waals surface area contributed by atoms with Crippen LogP contribution in [0.3, 0.4) is 0 Å². The van der Waals surface area contributed by atoms with Crippen LogP contribution in [0, 0.1) is 0 Å². The molecule has 1 heterocycles. The molecule has 2 unspecified atom stereocenters. The van der Waals surface area contributed by atoms with E-state index in [9.17, 15) is 5.11 Å². The summed E-state index contributed by atoms with van der Waals surface area (Å²) in [6, 6.07) is 9.91. The number of benzene rings is 1. The molecule has 0 aliphatic rings. The van der Waals surface area contributed by atoms with Gasteiger partial charge in [0.2, 0.25) is 0 Å². The van der Waals surface area contributed by atoms with E-state index in [0.29, 0.717) is 0 Å². The molecule has 2 aromatic rings. The largest absolute Gasteiger partial charge is 0.406 e. The zero-order valence-electron chi connectivity index (χ0n) is 12.8. The Labute approximate surface area is 126 Å². The SMILES string of the molecule is CCCCCC(On1ccnc1-c1ccccc1)C(C)O. The van der Waals surface area contributed by atoms with Gasteiger partial charge in [-0.05, 0) is 19.8 Å². The summed E-state index contributed by atoms with van der Waals surface area (Å²) in [4.78, 5) is 10.3. The van der Waals surface area contributed by atoms with E-state index in [1.54, 1.807) is 24.0 Å². The highest BCUT2D eigenvalue weighted by atomic mass is 16.7. The minimum atomic E-state index is -0.507. The lowest BCUT2D eigenvalue weighted by atomic mass is 10.1. The van der Waals surface area contributed by atoms with Gasteiger partial charge in [-0.1, -0.05) is 50.1 Å². The highest BCUT2D eigenvalue weighted by Gasteiger charge is 2.18. The van der Waals surface area contributed by atoms with E-state index in [1.165, 1.54) is 0 Å². The summed E-state index contributed by atoms with van der Waals surface area (Å²) in [6.07, 6.45) is 7.00. The van der Waals surface area contributed by atoms with Gasteiger partial charge in [0.1, 0.15) is 0 Å². The molecular weight excluding hydrogens is 264 g/mol. The van der Waals surface area contributed by atoms with Crippen LogP contribution in [0.2, 0.25) is 0 Å². The first-order valence-electron chi connectivity index (χ1n) is 7.66. The number of hydrogen-bond acceptors (Lipinski definition) is 3. The second-order valence-corrected chi connectivity index (χ2v) is 5.32. The molecule has 1 aromatic carbocycles. The molecule has 0 radical (unpaired) electrons. The van der Waals surface area contributed by atoms with Gasteiger partial charge in [0.05, 0.1) is 12.3 Å². The van der Waals surface area contributed by atoms with Crippen molar-refractivity contribution in [3.8, 4) is 11.4 Å². The van der Waals surface area contributed by atoms with Crippen molar-refractivity contribution in [3.63, 3.8) is 0 Å². The van der Waals surface area contributed by atoms with Crippen LogP contribution in [0.1, 0.15) is 39.5 Å². The number of nitrogens with zero attached hydrogens (tertiary/aromatic N) is 2. The maximum absolute atomic E-state index is 9.91. The zero-order chi connectivity index (χ0) is 15.1. The molecule has 0 amide bonds. The first kappa shape index (κ1) is 15.6. The molecule has 1 aromatic heterocycles. The van der Waals surface area contributed by atoms with Crippen molar-refractivity contribution >= 4 is 0 Å². The lowest BCUT2D eigenvalue weighted by Gasteiger charge is -2.22. The van der Waals surface area contributed by atoms with Gasteiger partial charge in [0, 0.05) is 11.8 Å². The van der Waals surface area contributed by atoms with Gasteiger partial charge in [0.15, 0.2) is 11.9 Å². The first-order valence-corrected chi connectivity index (χ1v) is 7.66. The second kappa shape index (κ2) is 7.84. The Morgan fingerprint density at radius 1 is 1.24 bits per heavy atom. The maximum atomic E-state index is 9.91. The van der Waals surface area contributed by atoms with E-state index in [2.05, 4.69) is 11.9 Å². The van der Waals surface area contributed by atoms with Crippen molar-refractivity contribution < 1.29 is 9.94 Å². The fourth-order valence-corrected chi connectivity index (χ4v) is 2.29. The predicted molar refractivity (Wildman–Crippen MR) is 83.9 cm³/mol. The summed E-state index contributed by atoms with van der Waals surface area (Å²) >= 11 is 0. The monoisotopic (exact) mass is 288 g/mol. The molecule has 4 heteroatoms. The molecular formula is C17H24N2O2. The molecule has 1 N–H and O–H groups in total. The van der Waals surface area contributed by atoms with Crippen molar-refractivity contribution in [1.29, 1.82) is 0 Å². The Morgan fingerprint density at radius 2 is 2.00 bits per heavy atom. The van der Waals surface area contributed by atoms with Gasteiger partial charge in [-0.25, -0.2) is 4.98 Å². The lowest BCUT2D eigenvalue weighted by molar-refractivity contribution is -0.0404. The van der Waals surface area contributed by atoms with Crippen LogP contribution in [0.5, 0.6) is 0 Å². The lowest BCUT2D eigenvalue weighted by Crippen LogP contribution is -2.34. The van der Waals surface area contributed by atoms with Gasteiger partial charge in [-0.2, -0.15) is 4.73 Å². The summed E-state index contributed by atoms with van der Waals surface area (Å²) in [5.41, 5.74) is 1.00. The molecule has 4 nitrogen and oxygen atoms in total. The van der Waals surface area contributed by atoms with E-state index in [1.807, 2.05) is 30.3 Å². The molecule has 0 fully saturated rings. The van der Waals surface area contributed by atoms with Crippen LogP contribution in [0.25, 0.3) is 11.4 Å². The zero-order valence-corrected chi connectivity index (χ0v) is 12.8. The summed E-state index contributed by atoms with van der Waals surface area (Å²) in [5.74, 6) is 0.761. The molecule has 2 rings (SSSR count). The Kier molecular flexibility index (Phi) is 5.81. The number of aliphatic hydroxyl groups is 1. The molecule has 2 atom stereocenters. The van der Waals surface area contributed by atoms with Crippen molar-refractivity contribution in [2.45, 2.75) is 51.7 Å². The van der Waals surface area contributed by atoms with Crippen LogP contribution < -0.4 is 4.84 Å². The minimum Gasteiger partial charge on any atom is -0.406 e. The van der Waals surface area contributed by atoms with E-state index < -0.39 is 6.10 Å². The van der Waals surface area contributed by atoms with Gasteiger partial charge in [0.25, 0.3) is 0 Å². The Morgan fingerprint density at radius 3 is 2.67 bits per heavy atom. The average Bonchev–Trinajstić information content (AvgIpc) is 2.95. The molecule has 0 spiro atoms. The molecule has 114 valence electrons. The fraction of sp³-hybridized carbons (Fsp3) is 0.471. The topological polar surface area (TPSA) is 47.3 Å². The summed E-state index contributed by atoms with van der Waals surface area (Å²) < 4.78 is 1.67. The van der Waals surface area contributed by atoms with Crippen LogP contribution >= 0.6 is 0 Å². The smallest absolute Gasteiger partial charge is 0.175 e. The van der Waals surface area contributed by atoms with Crippen molar-refractivity contribution in [2.24, 2.45) is 0 Å². The standard InChI is InChI=1S/C17H24N2O2/c1-3-4-6-11-16(14(2)20)21-19-13-12-18-17(19)15-9-7-5-8-10-15/h5,7-10,12-14,16,20H,3-4,6,11H2,1-2H3. The molecule has 0 saturated carbocycles. The number of aliphatic hydroxyl groups excluding tert-OH is 1. The Hall–Kier alpha value is -1.81. The van der Waals surface area contributed by atoms with Crippen LogP contribution in [0.15, 0.2) is 42.7 Å². The van der Waals surface area contributed by atoms with E-state index in [4.69, 9.17) is 4.84 Å². The fourth-order valence-electron chi connectivity index (χ4n) is 2.29. The molecule has 0 saturated heterocycles. The molecule has 0 aliphatic heterocycles. The summed E-state index contributed by atoms with van der Waals surface area (Å²) in [6.45, 7) is 3.94. The van der Waals surface area contributed by atoms with Crippen LogP contribution in [-0.4, -0.2) is 27.0 Å². The van der Waals surface area contributed by atoms with Gasteiger partial charge < -0.3 is 9.94 Å². The van der Waals surface area contributed by atoms with E-state index in [-0.39, 0.29) is 6.10 Å². The minimum absolute atomic E-state index is 0.215. The number of hydrogen-bond donors (Lipinski definition) is 1. The van der Waals surface area contributed by atoms with Crippen molar-refractivity contribution in [1.82, 2.24) is 9.71 Å². The second-order valence-electron chi connectivity index (χ2n) is 5.32. The highest BCUT2D eigenvalue weighted by Crippen LogP contribution is 2.17. The quantitative estimate of drug-likeness (QED) is 0.758. The van der Waals surface area contributed by atoms with E-state index >= 15 is 0 Å². The van der Waals surface area contributed by atoms with Crippen molar-refractivity contribution in [3.05, 3.63) is 42.7 Å². The van der Waals surface area contributed by atoms with Gasteiger partial charge >= 0.3 is 0 Å². The van der Waals surface area contributed by atoms with Gasteiger partial charge in [-0.3, -0.25) is 0 Å². The number of rotatable bonds is 8. The molecule has 0 aliphatic carbocycles. The molecule has 21 heavy (non-hydrogen) atoms. The summed E-state index contributed by atoms with van der Waals surface area (Å²) in [7, 11) is 0. The third-order valence-corrected chi connectivity index (χ3v) is 3.52. The third-order valence-electron chi connectivity index (χ3n) is 3.52. The Bertz CT molecular complexity index is 523. The average molecular weight is 288 g/mol. The summed E-state index contributed by atoms with van der Waals surface area (Å²) in [5, 5.41) is 9.91. The number of imidazole rings is 1. The van der Waals surface area contributed by atoms with Crippen LogP contribution in [0.4, 0.5) is 0 Å². The van der Waals surface area contributed by atoms with Crippen LogP contribution in [-0.2, 0) is 0 Å². The highest BCUT2D eigenvalue weighted by molar-refractivity contribution is 5.54. The molecule has 0 bridgehead atoms. The van der Waals surface area contributed by atoms with Gasteiger partial charge in [-0.15, -0.1) is 0 Å². The van der Waals surface area contributed by atoms with Crippen molar-refractivity contribution in [2.75, 3.05) is 0 Å². The maximum Gasteiger partial charge on any atom is 0.175 e.